The molecule has 0 radical (unpaired) electrons. The van der Waals surface area contributed by atoms with Crippen LogP contribution in [0.25, 0.3) is 0 Å². The quantitative estimate of drug-likeness (QED) is 0.653. The van der Waals surface area contributed by atoms with Gasteiger partial charge in [-0.25, -0.2) is 4.79 Å². The maximum absolute atomic E-state index is 12.3. The second-order valence-electron chi connectivity index (χ2n) is 6.96. The van der Waals surface area contributed by atoms with Gasteiger partial charge in [-0.15, -0.1) is 0 Å². The van der Waals surface area contributed by atoms with Crippen molar-refractivity contribution in [3.8, 4) is 5.75 Å². The highest BCUT2D eigenvalue weighted by molar-refractivity contribution is 9.10. The highest BCUT2D eigenvalue weighted by Gasteiger charge is 2.24. The lowest BCUT2D eigenvalue weighted by atomic mass is 9.96. The van der Waals surface area contributed by atoms with Gasteiger partial charge >= 0.3 is 6.03 Å². The molecule has 7 heteroatoms. The van der Waals surface area contributed by atoms with Gasteiger partial charge in [0.15, 0.2) is 6.04 Å². The van der Waals surface area contributed by atoms with Crippen molar-refractivity contribution in [2.75, 3.05) is 7.11 Å². The molecular formula is C19H29BrN3O3+. The zero-order valence-electron chi connectivity index (χ0n) is 15.7. The third kappa shape index (κ3) is 5.99. The van der Waals surface area contributed by atoms with Crippen LogP contribution in [0.2, 0.25) is 0 Å². The van der Waals surface area contributed by atoms with Gasteiger partial charge in [-0.05, 0) is 60.8 Å². The number of carbonyl (C=O) groups is 2. The Balaban J connectivity index is 1.83. The fourth-order valence-corrected chi connectivity index (χ4v) is 3.85. The summed E-state index contributed by atoms with van der Waals surface area (Å²) in [6.07, 6.45) is 5.49. The SMILES string of the molecule is COc1ccc([C@H](C)[NH2+][C@@H](C)C(=O)NC(=O)NC2CCCCC2)cc1Br. The minimum Gasteiger partial charge on any atom is -0.496 e. The highest BCUT2D eigenvalue weighted by Crippen LogP contribution is 2.27. The molecular weight excluding hydrogens is 398 g/mol. The van der Waals surface area contributed by atoms with Crippen molar-refractivity contribution in [2.24, 2.45) is 0 Å². The zero-order valence-corrected chi connectivity index (χ0v) is 17.3. The number of hydrogen-bond donors (Lipinski definition) is 3. The molecule has 0 aliphatic heterocycles. The number of rotatable bonds is 6. The van der Waals surface area contributed by atoms with Crippen LogP contribution in [-0.2, 0) is 4.79 Å². The molecule has 2 rings (SSSR count). The van der Waals surface area contributed by atoms with Crippen molar-refractivity contribution in [3.05, 3.63) is 28.2 Å². The number of quaternary nitrogens is 1. The van der Waals surface area contributed by atoms with E-state index in [2.05, 4.69) is 26.6 Å². The fraction of sp³-hybridized carbons (Fsp3) is 0.579. The van der Waals surface area contributed by atoms with E-state index >= 15 is 0 Å². The fourth-order valence-electron chi connectivity index (χ4n) is 3.29. The monoisotopic (exact) mass is 426 g/mol. The molecule has 144 valence electrons. The van der Waals surface area contributed by atoms with Crippen molar-refractivity contribution in [1.82, 2.24) is 10.6 Å². The van der Waals surface area contributed by atoms with Crippen molar-refractivity contribution in [3.63, 3.8) is 0 Å². The summed E-state index contributed by atoms with van der Waals surface area (Å²) in [5, 5.41) is 7.31. The molecule has 0 heterocycles. The molecule has 0 spiro atoms. The third-order valence-electron chi connectivity index (χ3n) is 4.87. The van der Waals surface area contributed by atoms with Crippen LogP contribution in [0.1, 0.15) is 57.6 Å². The topological polar surface area (TPSA) is 84.0 Å². The number of nitrogens with two attached hydrogens (primary N) is 1. The molecule has 1 aromatic rings. The van der Waals surface area contributed by atoms with E-state index in [1.165, 1.54) is 6.42 Å². The van der Waals surface area contributed by atoms with Gasteiger partial charge in [0.2, 0.25) is 0 Å². The maximum atomic E-state index is 12.3. The number of amides is 3. The summed E-state index contributed by atoms with van der Waals surface area (Å²) >= 11 is 3.48. The summed E-state index contributed by atoms with van der Waals surface area (Å²) < 4.78 is 6.12. The average molecular weight is 427 g/mol. The van der Waals surface area contributed by atoms with Crippen molar-refractivity contribution in [2.45, 2.75) is 64.1 Å². The predicted molar refractivity (Wildman–Crippen MR) is 104 cm³/mol. The van der Waals surface area contributed by atoms with Gasteiger partial charge < -0.3 is 15.4 Å². The molecule has 1 saturated carbocycles. The Morgan fingerprint density at radius 1 is 1.23 bits per heavy atom. The Morgan fingerprint density at radius 3 is 2.54 bits per heavy atom. The number of methoxy groups -OCH3 is 1. The van der Waals surface area contributed by atoms with Crippen LogP contribution in [0.15, 0.2) is 22.7 Å². The van der Waals surface area contributed by atoms with E-state index in [1.54, 1.807) is 14.0 Å². The molecule has 26 heavy (non-hydrogen) atoms. The number of nitrogens with one attached hydrogen (secondary N) is 2. The molecule has 1 fully saturated rings. The molecule has 1 aliphatic rings. The first-order chi connectivity index (χ1) is 12.4. The van der Waals surface area contributed by atoms with Gasteiger partial charge in [-0.2, -0.15) is 0 Å². The minimum absolute atomic E-state index is 0.0689. The molecule has 0 unspecified atom stereocenters. The summed E-state index contributed by atoms with van der Waals surface area (Å²) in [6.45, 7) is 3.83. The highest BCUT2D eigenvalue weighted by atomic mass is 79.9. The van der Waals surface area contributed by atoms with Gasteiger partial charge in [0.05, 0.1) is 11.6 Å². The number of hydrogen-bond acceptors (Lipinski definition) is 3. The molecule has 0 aromatic heterocycles. The van der Waals surface area contributed by atoms with Gasteiger partial charge in [0, 0.05) is 11.6 Å². The lowest BCUT2D eigenvalue weighted by molar-refractivity contribution is -0.710. The molecule has 0 saturated heterocycles. The Hall–Kier alpha value is -1.60. The Kier molecular flexibility index (Phi) is 7.90. The van der Waals surface area contributed by atoms with E-state index < -0.39 is 0 Å². The first kappa shape index (κ1) is 20.7. The van der Waals surface area contributed by atoms with Gasteiger partial charge in [-0.1, -0.05) is 19.3 Å². The third-order valence-corrected chi connectivity index (χ3v) is 5.49. The molecule has 1 aromatic carbocycles. The van der Waals surface area contributed by atoms with Crippen LogP contribution in [-0.4, -0.2) is 31.1 Å². The second-order valence-corrected chi connectivity index (χ2v) is 7.82. The van der Waals surface area contributed by atoms with E-state index in [0.29, 0.717) is 0 Å². The number of carbonyl (C=O) groups excluding carboxylic acids is 2. The van der Waals surface area contributed by atoms with E-state index in [9.17, 15) is 9.59 Å². The second kappa shape index (κ2) is 9.92. The number of halogens is 1. The van der Waals surface area contributed by atoms with E-state index in [4.69, 9.17) is 4.74 Å². The summed E-state index contributed by atoms with van der Waals surface area (Å²) in [6, 6.07) is 5.35. The van der Waals surface area contributed by atoms with Crippen LogP contribution in [0.4, 0.5) is 4.79 Å². The number of ether oxygens (including phenoxy) is 1. The molecule has 3 amide bonds. The zero-order chi connectivity index (χ0) is 19.1. The van der Waals surface area contributed by atoms with Crippen LogP contribution >= 0.6 is 15.9 Å². The lowest BCUT2D eigenvalue weighted by Crippen LogP contribution is -2.92. The smallest absolute Gasteiger partial charge is 0.321 e. The Morgan fingerprint density at radius 2 is 1.92 bits per heavy atom. The molecule has 4 N–H and O–H groups in total. The summed E-state index contributed by atoms with van der Waals surface area (Å²) in [5.41, 5.74) is 1.07. The van der Waals surface area contributed by atoms with Crippen molar-refractivity contribution in [1.29, 1.82) is 0 Å². The van der Waals surface area contributed by atoms with E-state index in [1.807, 2.05) is 30.4 Å². The molecule has 6 nitrogen and oxygen atoms in total. The summed E-state index contributed by atoms with van der Waals surface area (Å²) in [7, 11) is 1.63. The minimum atomic E-state index is -0.387. The first-order valence-electron chi connectivity index (χ1n) is 9.20. The predicted octanol–water partition coefficient (Wildman–Crippen LogP) is 2.63. The van der Waals surface area contributed by atoms with Crippen molar-refractivity contribution >= 4 is 27.9 Å². The van der Waals surface area contributed by atoms with Crippen molar-refractivity contribution < 1.29 is 19.6 Å². The molecule has 1 aliphatic carbocycles. The van der Waals surface area contributed by atoms with Crippen LogP contribution in [0, 0.1) is 0 Å². The van der Waals surface area contributed by atoms with Crippen LogP contribution in [0.3, 0.4) is 0 Å². The lowest BCUT2D eigenvalue weighted by Gasteiger charge is -2.23. The number of urea groups is 1. The van der Waals surface area contributed by atoms with Crippen LogP contribution < -0.4 is 20.7 Å². The summed E-state index contributed by atoms with van der Waals surface area (Å²) in [4.78, 5) is 24.3. The maximum Gasteiger partial charge on any atom is 0.321 e. The number of benzene rings is 1. The van der Waals surface area contributed by atoms with E-state index in [0.717, 1.165) is 41.5 Å². The largest absolute Gasteiger partial charge is 0.496 e. The van der Waals surface area contributed by atoms with Gasteiger partial charge in [0.25, 0.3) is 5.91 Å². The van der Waals surface area contributed by atoms with Crippen LogP contribution in [0.5, 0.6) is 5.75 Å². The first-order valence-corrected chi connectivity index (χ1v) is 9.99. The average Bonchev–Trinajstić information content (AvgIpc) is 2.62. The summed E-state index contributed by atoms with van der Waals surface area (Å²) in [5.74, 6) is 0.490. The molecule has 0 bridgehead atoms. The standard InChI is InChI=1S/C19H28BrN3O3/c1-12(14-9-10-17(26-3)16(20)11-14)21-13(2)18(24)23-19(25)22-15-7-5-4-6-8-15/h9-13,15,21H,4-8H2,1-3H3,(H2,22,23,24,25)/p+1/t12-,13-/m0/s1. The van der Waals surface area contributed by atoms with Gasteiger partial charge in [-0.3, -0.25) is 10.1 Å². The van der Waals surface area contributed by atoms with Gasteiger partial charge in [0.1, 0.15) is 11.8 Å². The number of imide groups is 1. The Labute approximate surface area is 163 Å². The normalized spacial score (nSPS) is 17.2. The molecule has 2 atom stereocenters. The van der Waals surface area contributed by atoms with E-state index in [-0.39, 0.29) is 30.1 Å². The Bertz CT molecular complexity index is 632.